The molecule has 1 aromatic carbocycles. The molecule has 0 aliphatic rings. The van der Waals surface area contributed by atoms with Gasteiger partial charge in [0, 0.05) is 12.3 Å². The molecular weight excluding hydrogens is 288 g/mol. The molecule has 108 valence electrons. The number of amides is 1. The number of anilines is 1. The highest BCUT2D eigenvalue weighted by atomic mass is 32.1. The molecule has 0 bridgehead atoms. The highest BCUT2D eigenvalue weighted by Crippen LogP contribution is 2.17. The molecule has 0 saturated carbocycles. The van der Waals surface area contributed by atoms with Crippen molar-refractivity contribution in [2.75, 3.05) is 12.4 Å². The van der Waals surface area contributed by atoms with E-state index in [0.29, 0.717) is 10.7 Å². The van der Waals surface area contributed by atoms with Gasteiger partial charge in [0.15, 0.2) is 5.13 Å². The summed E-state index contributed by atoms with van der Waals surface area (Å²) >= 11 is 1.37. The summed E-state index contributed by atoms with van der Waals surface area (Å²) in [5.74, 6) is -0.497. The minimum absolute atomic E-state index is 0.140. The third kappa shape index (κ3) is 4.25. The minimum atomic E-state index is -0.357. The van der Waals surface area contributed by atoms with Crippen molar-refractivity contribution in [2.45, 2.75) is 6.92 Å². The SMILES string of the molecule is COC(=O)c1ccc(/C=C\c2csc(NC(C)=O)n2)cc1. The molecule has 1 aromatic heterocycles. The Balaban J connectivity index is 2.05. The van der Waals surface area contributed by atoms with Gasteiger partial charge in [-0.1, -0.05) is 18.2 Å². The maximum absolute atomic E-state index is 11.3. The first kappa shape index (κ1) is 14.9. The van der Waals surface area contributed by atoms with Crippen LogP contribution in [0.15, 0.2) is 29.6 Å². The van der Waals surface area contributed by atoms with Crippen LogP contribution in [0.2, 0.25) is 0 Å². The molecule has 21 heavy (non-hydrogen) atoms. The normalized spacial score (nSPS) is 10.6. The van der Waals surface area contributed by atoms with E-state index in [9.17, 15) is 9.59 Å². The smallest absolute Gasteiger partial charge is 0.337 e. The van der Waals surface area contributed by atoms with Gasteiger partial charge in [0.1, 0.15) is 0 Å². The number of rotatable bonds is 4. The molecule has 0 aliphatic carbocycles. The lowest BCUT2D eigenvalue weighted by Crippen LogP contribution is -2.04. The molecule has 0 atom stereocenters. The molecule has 0 saturated heterocycles. The van der Waals surface area contributed by atoms with Crippen LogP contribution in [0.3, 0.4) is 0 Å². The second kappa shape index (κ2) is 6.81. The average molecular weight is 302 g/mol. The molecule has 2 aromatic rings. The molecule has 0 unspecified atom stereocenters. The first-order chi connectivity index (χ1) is 10.1. The van der Waals surface area contributed by atoms with E-state index >= 15 is 0 Å². The Morgan fingerprint density at radius 2 is 1.95 bits per heavy atom. The highest BCUT2D eigenvalue weighted by Gasteiger charge is 2.03. The number of hydrogen-bond acceptors (Lipinski definition) is 5. The highest BCUT2D eigenvalue weighted by molar-refractivity contribution is 7.14. The second-order valence-corrected chi connectivity index (χ2v) is 5.06. The number of carbonyl (C=O) groups excluding carboxylic acids is 2. The summed E-state index contributed by atoms with van der Waals surface area (Å²) < 4.78 is 4.64. The largest absolute Gasteiger partial charge is 0.465 e. The molecule has 1 heterocycles. The van der Waals surface area contributed by atoms with Crippen LogP contribution >= 0.6 is 11.3 Å². The lowest BCUT2D eigenvalue weighted by atomic mass is 10.1. The lowest BCUT2D eigenvalue weighted by molar-refractivity contribution is -0.114. The standard InChI is InChI=1S/C15H14N2O3S/c1-10(18)16-15-17-13(9-21-15)8-5-11-3-6-12(7-4-11)14(19)20-2/h3-9H,1-2H3,(H,16,17,18)/b8-5-. The Morgan fingerprint density at radius 1 is 1.24 bits per heavy atom. The fraction of sp³-hybridized carbons (Fsp3) is 0.133. The molecular formula is C15H14N2O3S. The van der Waals surface area contributed by atoms with Crippen LogP contribution in [0.1, 0.15) is 28.5 Å². The van der Waals surface area contributed by atoms with Crippen molar-refractivity contribution >= 4 is 40.5 Å². The second-order valence-electron chi connectivity index (χ2n) is 4.21. The Hall–Kier alpha value is -2.47. The maximum atomic E-state index is 11.3. The maximum Gasteiger partial charge on any atom is 0.337 e. The number of esters is 1. The summed E-state index contributed by atoms with van der Waals surface area (Å²) in [7, 11) is 1.35. The number of methoxy groups -OCH3 is 1. The van der Waals surface area contributed by atoms with Crippen molar-refractivity contribution in [3.63, 3.8) is 0 Å². The van der Waals surface area contributed by atoms with Gasteiger partial charge in [-0.05, 0) is 23.8 Å². The Kier molecular flexibility index (Phi) is 4.84. The third-order valence-corrected chi connectivity index (χ3v) is 3.36. The Labute approximate surface area is 126 Å². The van der Waals surface area contributed by atoms with Crippen LogP contribution in [-0.2, 0) is 9.53 Å². The van der Waals surface area contributed by atoms with E-state index in [0.717, 1.165) is 11.3 Å². The topological polar surface area (TPSA) is 68.3 Å². The summed E-state index contributed by atoms with van der Waals surface area (Å²) in [5, 5.41) is 5.06. The zero-order valence-electron chi connectivity index (χ0n) is 11.6. The van der Waals surface area contributed by atoms with Crippen LogP contribution in [0.25, 0.3) is 12.2 Å². The summed E-state index contributed by atoms with van der Waals surface area (Å²) in [4.78, 5) is 26.5. The molecule has 6 heteroatoms. The van der Waals surface area contributed by atoms with E-state index in [1.54, 1.807) is 12.1 Å². The summed E-state index contributed by atoms with van der Waals surface area (Å²) in [6.45, 7) is 1.44. The number of aromatic nitrogens is 1. The van der Waals surface area contributed by atoms with Gasteiger partial charge >= 0.3 is 5.97 Å². The van der Waals surface area contributed by atoms with Crippen LogP contribution in [0, 0.1) is 0 Å². The number of benzene rings is 1. The Morgan fingerprint density at radius 3 is 2.57 bits per heavy atom. The number of carbonyl (C=O) groups is 2. The van der Waals surface area contributed by atoms with Crippen LogP contribution in [0.5, 0.6) is 0 Å². The first-order valence-corrected chi connectivity index (χ1v) is 7.06. The predicted octanol–water partition coefficient (Wildman–Crippen LogP) is 3.06. The number of nitrogens with one attached hydrogen (secondary N) is 1. The quantitative estimate of drug-likeness (QED) is 0.881. The summed E-state index contributed by atoms with van der Waals surface area (Å²) in [6.07, 6.45) is 3.72. The number of ether oxygens (including phenoxy) is 1. The van der Waals surface area contributed by atoms with Gasteiger partial charge in [-0.3, -0.25) is 4.79 Å². The summed E-state index contributed by atoms with van der Waals surface area (Å²) in [5.41, 5.74) is 2.22. The van der Waals surface area contributed by atoms with Crippen molar-refractivity contribution in [2.24, 2.45) is 0 Å². The van der Waals surface area contributed by atoms with Crippen LogP contribution in [0.4, 0.5) is 5.13 Å². The minimum Gasteiger partial charge on any atom is -0.465 e. The van der Waals surface area contributed by atoms with E-state index in [4.69, 9.17) is 0 Å². The number of hydrogen-bond donors (Lipinski definition) is 1. The molecule has 5 nitrogen and oxygen atoms in total. The van der Waals surface area contributed by atoms with Crippen molar-refractivity contribution in [1.82, 2.24) is 4.98 Å². The zero-order chi connectivity index (χ0) is 15.2. The molecule has 1 N–H and O–H groups in total. The molecule has 0 aliphatic heterocycles. The van der Waals surface area contributed by atoms with E-state index in [-0.39, 0.29) is 11.9 Å². The third-order valence-electron chi connectivity index (χ3n) is 2.58. The molecule has 1 amide bonds. The monoisotopic (exact) mass is 302 g/mol. The van der Waals surface area contributed by atoms with Gasteiger partial charge in [-0.25, -0.2) is 9.78 Å². The summed E-state index contributed by atoms with van der Waals surface area (Å²) in [6, 6.07) is 7.05. The predicted molar refractivity (Wildman–Crippen MR) is 83.1 cm³/mol. The molecule has 2 rings (SSSR count). The first-order valence-electron chi connectivity index (χ1n) is 6.18. The number of thiazole rings is 1. The van der Waals surface area contributed by atoms with E-state index in [1.165, 1.54) is 25.4 Å². The van der Waals surface area contributed by atoms with Crippen molar-refractivity contribution in [1.29, 1.82) is 0 Å². The Bertz CT molecular complexity index is 674. The molecule has 0 radical (unpaired) electrons. The van der Waals surface area contributed by atoms with Gasteiger partial charge in [-0.15, -0.1) is 11.3 Å². The van der Waals surface area contributed by atoms with E-state index in [2.05, 4.69) is 15.0 Å². The lowest BCUT2D eigenvalue weighted by Gasteiger charge is -1.99. The van der Waals surface area contributed by atoms with Gasteiger partial charge in [-0.2, -0.15) is 0 Å². The van der Waals surface area contributed by atoms with Gasteiger partial charge in [0.05, 0.1) is 18.4 Å². The van der Waals surface area contributed by atoms with Crippen LogP contribution in [-0.4, -0.2) is 24.0 Å². The fourth-order valence-corrected chi connectivity index (χ4v) is 2.32. The van der Waals surface area contributed by atoms with Gasteiger partial charge < -0.3 is 10.1 Å². The van der Waals surface area contributed by atoms with E-state index in [1.807, 2.05) is 29.7 Å². The van der Waals surface area contributed by atoms with E-state index < -0.39 is 0 Å². The van der Waals surface area contributed by atoms with Gasteiger partial charge in [0.2, 0.25) is 5.91 Å². The van der Waals surface area contributed by atoms with Crippen molar-refractivity contribution in [3.8, 4) is 0 Å². The number of nitrogens with zero attached hydrogens (tertiary/aromatic N) is 1. The molecule has 0 spiro atoms. The van der Waals surface area contributed by atoms with Crippen molar-refractivity contribution < 1.29 is 14.3 Å². The van der Waals surface area contributed by atoms with Crippen LogP contribution < -0.4 is 5.32 Å². The average Bonchev–Trinajstić information content (AvgIpc) is 2.91. The van der Waals surface area contributed by atoms with Crippen molar-refractivity contribution in [3.05, 3.63) is 46.5 Å². The van der Waals surface area contributed by atoms with Gasteiger partial charge in [0.25, 0.3) is 0 Å². The zero-order valence-corrected chi connectivity index (χ0v) is 12.4. The molecule has 0 fully saturated rings. The fourth-order valence-electron chi connectivity index (χ4n) is 1.60.